The number of benzene rings is 2. The predicted molar refractivity (Wildman–Crippen MR) is 139 cm³/mol. The number of anilines is 1. The van der Waals surface area contributed by atoms with Gasteiger partial charge in [0.1, 0.15) is 11.6 Å². The smallest absolute Gasteiger partial charge is 0.253 e. The number of fused-ring (bicyclic) bond motifs is 1. The highest BCUT2D eigenvalue weighted by Crippen LogP contribution is 2.29. The summed E-state index contributed by atoms with van der Waals surface area (Å²) < 4.78 is 1.90. The number of hydrogen-bond acceptors (Lipinski definition) is 5. The van der Waals surface area contributed by atoms with Crippen molar-refractivity contribution in [2.75, 3.05) is 31.1 Å². The van der Waals surface area contributed by atoms with Crippen molar-refractivity contribution >= 4 is 22.8 Å². The molecule has 0 radical (unpaired) electrons. The van der Waals surface area contributed by atoms with E-state index in [1.807, 2.05) is 77.3 Å². The predicted octanol–water partition coefficient (Wildman–Crippen LogP) is 4.99. The van der Waals surface area contributed by atoms with Crippen molar-refractivity contribution in [3.05, 3.63) is 77.7 Å². The first-order chi connectivity index (χ1) is 17.0. The Kier molecular flexibility index (Phi) is 6.49. The van der Waals surface area contributed by atoms with E-state index in [4.69, 9.17) is 9.97 Å². The van der Waals surface area contributed by atoms with Crippen LogP contribution in [0.2, 0.25) is 0 Å². The summed E-state index contributed by atoms with van der Waals surface area (Å²) in [6, 6.07) is 17.9. The van der Waals surface area contributed by atoms with Crippen molar-refractivity contribution in [2.24, 2.45) is 0 Å². The Bertz CT molecular complexity index is 1310. The molecule has 0 bridgehead atoms. The number of carbonyl (C=O) groups excluding carboxylic acids is 1. The van der Waals surface area contributed by atoms with Crippen LogP contribution in [0.1, 0.15) is 54.4 Å². The highest BCUT2D eigenvalue weighted by atomic mass is 16.2. The lowest BCUT2D eigenvalue weighted by atomic mass is 10.1. The molecule has 35 heavy (non-hydrogen) atoms. The Morgan fingerprint density at radius 2 is 1.69 bits per heavy atom. The van der Waals surface area contributed by atoms with Crippen LogP contribution in [0.25, 0.3) is 16.7 Å². The minimum atomic E-state index is 0.0895. The number of amides is 1. The summed E-state index contributed by atoms with van der Waals surface area (Å²) in [5, 5.41) is 5.62. The van der Waals surface area contributed by atoms with Crippen molar-refractivity contribution in [1.82, 2.24) is 24.6 Å². The molecule has 0 saturated carbocycles. The van der Waals surface area contributed by atoms with Gasteiger partial charge in [0.05, 0.1) is 17.3 Å². The fraction of sp³-hybridized carbons (Fsp3) is 0.357. The van der Waals surface area contributed by atoms with E-state index in [0.717, 1.165) is 65.4 Å². The number of piperazine rings is 1. The molecule has 1 fully saturated rings. The second-order valence-electron chi connectivity index (χ2n) is 9.37. The standard InChI is InChI=1S/C28H32N6O/c1-4-8-21(3)25-30-26(24-19-29-34(27(24)31-25)23-9-6-5-7-10-23)32-15-17-33(18-16-32)28(35)22-13-11-20(2)12-14-22/h5-7,9-14,19,21H,4,8,15-18H2,1-3H3. The van der Waals surface area contributed by atoms with Crippen LogP contribution in [-0.2, 0) is 0 Å². The zero-order valence-corrected chi connectivity index (χ0v) is 20.7. The summed E-state index contributed by atoms with van der Waals surface area (Å²) in [5.74, 6) is 2.11. The van der Waals surface area contributed by atoms with Crippen LogP contribution in [0.15, 0.2) is 60.8 Å². The molecule has 7 nitrogen and oxygen atoms in total. The van der Waals surface area contributed by atoms with Gasteiger partial charge in [-0.2, -0.15) is 5.10 Å². The molecule has 1 unspecified atom stereocenters. The largest absolute Gasteiger partial charge is 0.352 e. The molecule has 5 rings (SSSR count). The van der Waals surface area contributed by atoms with E-state index >= 15 is 0 Å². The normalized spacial score (nSPS) is 14.9. The topological polar surface area (TPSA) is 67.2 Å². The number of carbonyl (C=O) groups is 1. The van der Waals surface area contributed by atoms with Crippen LogP contribution in [0.3, 0.4) is 0 Å². The molecule has 3 heterocycles. The van der Waals surface area contributed by atoms with E-state index in [9.17, 15) is 4.79 Å². The van der Waals surface area contributed by atoms with Gasteiger partial charge < -0.3 is 9.80 Å². The molecule has 1 amide bonds. The Balaban J connectivity index is 1.45. The van der Waals surface area contributed by atoms with Crippen LogP contribution < -0.4 is 4.90 Å². The molecule has 1 aliphatic rings. The zero-order chi connectivity index (χ0) is 24.4. The molecule has 1 aliphatic heterocycles. The summed E-state index contributed by atoms with van der Waals surface area (Å²) in [6.07, 6.45) is 3.98. The third-order valence-electron chi connectivity index (χ3n) is 6.75. The third-order valence-corrected chi connectivity index (χ3v) is 6.75. The molecule has 1 saturated heterocycles. The fourth-order valence-corrected chi connectivity index (χ4v) is 4.69. The maximum Gasteiger partial charge on any atom is 0.253 e. The second kappa shape index (κ2) is 9.86. The molecule has 2 aromatic carbocycles. The first-order valence-corrected chi connectivity index (χ1v) is 12.5. The number of para-hydroxylation sites is 1. The minimum absolute atomic E-state index is 0.0895. The Labute approximate surface area is 206 Å². The number of hydrogen-bond donors (Lipinski definition) is 0. The van der Waals surface area contributed by atoms with Crippen molar-refractivity contribution in [1.29, 1.82) is 0 Å². The molecule has 1 atom stereocenters. The van der Waals surface area contributed by atoms with Crippen molar-refractivity contribution in [3.63, 3.8) is 0 Å². The first kappa shape index (κ1) is 23.0. The lowest BCUT2D eigenvalue weighted by Gasteiger charge is -2.36. The molecule has 0 aliphatic carbocycles. The van der Waals surface area contributed by atoms with Gasteiger partial charge in [0.25, 0.3) is 5.91 Å². The summed E-state index contributed by atoms with van der Waals surface area (Å²) in [7, 11) is 0. The van der Waals surface area contributed by atoms with E-state index in [1.165, 1.54) is 0 Å². The van der Waals surface area contributed by atoms with Crippen LogP contribution in [0, 0.1) is 6.92 Å². The highest BCUT2D eigenvalue weighted by Gasteiger charge is 2.26. The van der Waals surface area contributed by atoms with Gasteiger partial charge in [0, 0.05) is 37.7 Å². The number of aromatic nitrogens is 4. The van der Waals surface area contributed by atoms with E-state index in [1.54, 1.807) is 0 Å². The Morgan fingerprint density at radius 1 is 0.971 bits per heavy atom. The van der Waals surface area contributed by atoms with Crippen LogP contribution in [0.5, 0.6) is 0 Å². The van der Waals surface area contributed by atoms with Gasteiger partial charge in [-0.15, -0.1) is 0 Å². The molecular weight excluding hydrogens is 436 g/mol. The van der Waals surface area contributed by atoms with Gasteiger partial charge in [-0.1, -0.05) is 56.2 Å². The average Bonchev–Trinajstić information content (AvgIpc) is 3.33. The van der Waals surface area contributed by atoms with E-state index < -0.39 is 0 Å². The molecular formula is C28H32N6O. The second-order valence-corrected chi connectivity index (χ2v) is 9.37. The molecule has 0 spiro atoms. The minimum Gasteiger partial charge on any atom is -0.352 e. The lowest BCUT2D eigenvalue weighted by Crippen LogP contribution is -2.49. The number of aryl methyl sites for hydroxylation is 1. The Hall–Kier alpha value is -3.74. The van der Waals surface area contributed by atoms with Crippen LogP contribution >= 0.6 is 0 Å². The summed E-state index contributed by atoms with van der Waals surface area (Å²) in [5.41, 5.74) is 3.71. The van der Waals surface area contributed by atoms with Crippen LogP contribution in [0.4, 0.5) is 5.82 Å². The van der Waals surface area contributed by atoms with Gasteiger partial charge >= 0.3 is 0 Å². The van der Waals surface area contributed by atoms with Gasteiger partial charge in [0.15, 0.2) is 5.65 Å². The fourth-order valence-electron chi connectivity index (χ4n) is 4.69. The first-order valence-electron chi connectivity index (χ1n) is 12.5. The lowest BCUT2D eigenvalue weighted by molar-refractivity contribution is 0.0746. The number of rotatable bonds is 6. The molecule has 4 aromatic rings. The van der Waals surface area contributed by atoms with Crippen molar-refractivity contribution in [2.45, 2.75) is 39.5 Å². The zero-order valence-electron chi connectivity index (χ0n) is 20.7. The van der Waals surface area contributed by atoms with E-state index in [-0.39, 0.29) is 11.8 Å². The third kappa shape index (κ3) is 4.63. The van der Waals surface area contributed by atoms with Gasteiger partial charge in [0.2, 0.25) is 0 Å². The molecule has 7 heteroatoms. The monoisotopic (exact) mass is 468 g/mol. The average molecular weight is 469 g/mol. The quantitative estimate of drug-likeness (QED) is 0.399. The summed E-state index contributed by atoms with van der Waals surface area (Å²) in [6.45, 7) is 9.18. The van der Waals surface area contributed by atoms with Crippen LogP contribution in [-0.4, -0.2) is 56.7 Å². The van der Waals surface area contributed by atoms with E-state index in [0.29, 0.717) is 13.1 Å². The Morgan fingerprint density at radius 3 is 2.37 bits per heavy atom. The molecule has 180 valence electrons. The summed E-state index contributed by atoms with van der Waals surface area (Å²) in [4.78, 5) is 27.2. The maximum atomic E-state index is 13.0. The highest BCUT2D eigenvalue weighted by molar-refractivity contribution is 5.94. The van der Waals surface area contributed by atoms with Crippen molar-refractivity contribution in [3.8, 4) is 5.69 Å². The van der Waals surface area contributed by atoms with E-state index in [2.05, 4.69) is 23.8 Å². The van der Waals surface area contributed by atoms with Crippen molar-refractivity contribution < 1.29 is 4.79 Å². The SMILES string of the molecule is CCCC(C)c1nc(N2CCN(C(=O)c3ccc(C)cc3)CC2)c2cnn(-c3ccccc3)c2n1. The van der Waals surface area contributed by atoms with Gasteiger partial charge in [-0.05, 0) is 37.6 Å². The van der Waals surface area contributed by atoms with Gasteiger partial charge in [-0.25, -0.2) is 14.6 Å². The maximum absolute atomic E-state index is 13.0. The van der Waals surface area contributed by atoms with Gasteiger partial charge in [-0.3, -0.25) is 4.79 Å². The number of nitrogens with zero attached hydrogens (tertiary/aromatic N) is 6. The molecule has 2 aromatic heterocycles. The summed E-state index contributed by atoms with van der Waals surface area (Å²) >= 11 is 0. The molecule has 0 N–H and O–H groups in total.